The second-order valence-corrected chi connectivity index (χ2v) is 10.5. The number of hydrogen-bond acceptors (Lipinski definition) is 5. The number of halogens is 1. The highest BCUT2D eigenvalue weighted by atomic mass is 35.5. The predicted octanol–water partition coefficient (Wildman–Crippen LogP) is 7.03. The molecule has 0 bridgehead atoms. The molecule has 1 saturated heterocycles. The molecule has 3 aromatic rings. The van der Waals surface area contributed by atoms with Crippen molar-refractivity contribution in [3.63, 3.8) is 0 Å². The number of nitriles is 1. The molecule has 1 aromatic heterocycles. The summed E-state index contributed by atoms with van der Waals surface area (Å²) in [7, 11) is 0. The molecule has 0 radical (unpaired) electrons. The molecule has 4 rings (SSSR count). The zero-order valence-corrected chi connectivity index (χ0v) is 20.7. The molecule has 1 fully saturated rings. The van der Waals surface area contributed by atoms with Gasteiger partial charge in [0.2, 0.25) is 0 Å². The Balaban J connectivity index is 1.54. The molecule has 0 aliphatic carbocycles. The van der Waals surface area contributed by atoms with E-state index >= 15 is 0 Å². The Hall–Kier alpha value is -3.20. The zero-order chi connectivity index (χ0) is 24.3. The van der Waals surface area contributed by atoms with E-state index in [2.05, 4.69) is 61.2 Å². The molecule has 0 unspecified atom stereocenters. The van der Waals surface area contributed by atoms with E-state index in [1.165, 1.54) is 6.33 Å². The molecule has 0 spiro atoms. The number of allylic oxidation sites excluding steroid dienone is 1. The second kappa shape index (κ2) is 9.58. The van der Waals surface area contributed by atoms with Crippen molar-refractivity contribution in [1.29, 1.82) is 5.26 Å². The first-order valence-corrected chi connectivity index (χ1v) is 11.8. The van der Waals surface area contributed by atoms with Crippen molar-refractivity contribution in [2.75, 3.05) is 0 Å². The van der Waals surface area contributed by atoms with Gasteiger partial charge in [-0.05, 0) is 76.3 Å². The van der Waals surface area contributed by atoms with Crippen molar-refractivity contribution in [2.45, 2.75) is 51.6 Å². The molecule has 2 heterocycles. The largest absolute Gasteiger partial charge is 0.454 e. The number of nitrogens with one attached hydrogen (secondary N) is 1. The topological polar surface area (TPSA) is 70.8 Å². The van der Waals surface area contributed by atoms with E-state index < -0.39 is 0 Å². The highest BCUT2D eigenvalue weighted by Gasteiger charge is 2.36. The van der Waals surface area contributed by atoms with Gasteiger partial charge in [0.15, 0.2) is 0 Å². The van der Waals surface area contributed by atoms with Gasteiger partial charge >= 0.3 is 0 Å². The van der Waals surface area contributed by atoms with Gasteiger partial charge in [-0.1, -0.05) is 42.0 Å². The fourth-order valence-electron chi connectivity index (χ4n) is 5.00. The third kappa shape index (κ3) is 5.64. The van der Waals surface area contributed by atoms with E-state index in [0.717, 1.165) is 18.4 Å². The first-order valence-electron chi connectivity index (χ1n) is 11.4. The van der Waals surface area contributed by atoms with Crippen LogP contribution in [-0.2, 0) is 0 Å². The number of hydrogen-bond donors (Lipinski definition) is 1. The maximum absolute atomic E-state index is 9.80. The molecule has 5 nitrogen and oxygen atoms in total. The summed E-state index contributed by atoms with van der Waals surface area (Å²) >= 11 is 6.57. The van der Waals surface area contributed by atoms with E-state index in [0.29, 0.717) is 39.3 Å². The lowest BCUT2D eigenvalue weighted by Crippen LogP contribution is -2.57. The van der Waals surface area contributed by atoms with Gasteiger partial charge in [0.1, 0.15) is 29.5 Å². The summed E-state index contributed by atoms with van der Waals surface area (Å²) in [6.07, 6.45) is 9.69. The van der Waals surface area contributed by atoms with Crippen LogP contribution in [0.25, 0.3) is 17.3 Å². The van der Waals surface area contributed by atoms with Gasteiger partial charge in [0.25, 0.3) is 0 Å². The van der Waals surface area contributed by atoms with Crippen LogP contribution in [0.4, 0.5) is 0 Å². The number of rotatable bonds is 5. The van der Waals surface area contributed by atoms with Crippen LogP contribution < -0.4 is 10.1 Å². The monoisotopic (exact) mass is 472 g/mol. The second-order valence-electron chi connectivity index (χ2n) is 10.1. The molecule has 6 heteroatoms. The summed E-state index contributed by atoms with van der Waals surface area (Å²) in [5, 5.41) is 14.0. The number of aromatic nitrogens is 2. The third-order valence-electron chi connectivity index (χ3n) is 5.95. The van der Waals surface area contributed by atoms with Gasteiger partial charge in [-0.15, -0.1) is 0 Å². The van der Waals surface area contributed by atoms with Crippen LogP contribution in [0.2, 0.25) is 5.02 Å². The van der Waals surface area contributed by atoms with Crippen molar-refractivity contribution >= 4 is 17.7 Å². The molecule has 1 aliphatic heterocycles. The zero-order valence-electron chi connectivity index (χ0n) is 20.0. The van der Waals surface area contributed by atoms with E-state index in [4.69, 9.17) is 16.3 Å². The number of ether oxygens (including phenoxy) is 1. The lowest BCUT2D eigenvalue weighted by atomic mass is 9.76. The van der Waals surface area contributed by atoms with Crippen LogP contribution in [-0.4, -0.2) is 21.0 Å². The van der Waals surface area contributed by atoms with Crippen LogP contribution in [0, 0.1) is 17.2 Å². The normalized spacial score (nSPS) is 17.4. The van der Waals surface area contributed by atoms with E-state index in [1.807, 2.05) is 30.3 Å². The minimum atomic E-state index is 0.102. The van der Waals surface area contributed by atoms with E-state index in [-0.39, 0.29) is 11.1 Å². The first-order chi connectivity index (χ1) is 16.2. The molecule has 2 aromatic carbocycles. The van der Waals surface area contributed by atoms with Crippen LogP contribution in [0.15, 0.2) is 61.1 Å². The maximum atomic E-state index is 9.80. The summed E-state index contributed by atoms with van der Waals surface area (Å²) in [5.41, 5.74) is 2.97. The van der Waals surface area contributed by atoms with Gasteiger partial charge in [-0.3, -0.25) is 0 Å². The standard InChI is InChI=1S/C28H29ClN4O/c1-27(2)15-20(16-28(3,4)33-27)9-8-19-10-11-26(23(29)14-19)34-25-7-5-6-21(22(25)17-30)24-12-13-31-18-32-24/h5-14,18,20,33H,15-16H2,1-4H3/b9-8+. The quantitative estimate of drug-likeness (QED) is 0.431. The maximum Gasteiger partial charge on any atom is 0.146 e. The Bertz CT molecular complexity index is 1230. The summed E-state index contributed by atoms with van der Waals surface area (Å²) in [6, 6.07) is 15.2. The molecule has 0 atom stereocenters. The van der Waals surface area contributed by atoms with Gasteiger partial charge in [-0.2, -0.15) is 5.26 Å². The number of piperidine rings is 1. The molecule has 1 aliphatic rings. The summed E-state index contributed by atoms with van der Waals surface area (Å²) < 4.78 is 6.07. The van der Waals surface area contributed by atoms with Crippen LogP contribution in [0.1, 0.15) is 51.7 Å². The van der Waals surface area contributed by atoms with Crippen LogP contribution in [0.5, 0.6) is 11.5 Å². The summed E-state index contributed by atoms with van der Waals surface area (Å²) in [4.78, 5) is 8.20. The smallest absolute Gasteiger partial charge is 0.146 e. The molecule has 0 saturated carbocycles. The lowest BCUT2D eigenvalue weighted by molar-refractivity contribution is 0.150. The minimum absolute atomic E-state index is 0.102. The highest BCUT2D eigenvalue weighted by Crippen LogP contribution is 2.37. The molecule has 34 heavy (non-hydrogen) atoms. The molecular formula is C28H29ClN4O. The SMILES string of the molecule is CC1(C)CC(/C=C/c2ccc(Oc3cccc(-c4ccncn4)c3C#N)c(Cl)c2)CC(C)(C)N1. The van der Waals surface area contributed by atoms with Crippen LogP contribution >= 0.6 is 11.6 Å². The van der Waals surface area contributed by atoms with E-state index in [1.54, 1.807) is 18.3 Å². The lowest BCUT2D eigenvalue weighted by Gasteiger charge is -2.45. The van der Waals surface area contributed by atoms with Gasteiger partial charge in [-0.25, -0.2) is 9.97 Å². The summed E-state index contributed by atoms with van der Waals surface area (Å²) in [6.45, 7) is 9.03. The number of benzene rings is 2. The van der Waals surface area contributed by atoms with Crippen molar-refractivity contribution in [1.82, 2.24) is 15.3 Å². The van der Waals surface area contributed by atoms with Gasteiger partial charge < -0.3 is 10.1 Å². The van der Waals surface area contributed by atoms with Crippen molar-refractivity contribution in [2.24, 2.45) is 5.92 Å². The molecule has 1 N–H and O–H groups in total. The third-order valence-corrected chi connectivity index (χ3v) is 6.25. The minimum Gasteiger partial charge on any atom is -0.454 e. The van der Waals surface area contributed by atoms with Gasteiger partial charge in [0.05, 0.1) is 10.7 Å². The van der Waals surface area contributed by atoms with Crippen molar-refractivity contribution in [3.05, 3.63) is 77.2 Å². The molecule has 174 valence electrons. The predicted molar refractivity (Wildman–Crippen MR) is 137 cm³/mol. The summed E-state index contributed by atoms with van der Waals surface area (Å²) in [5.74, 6) is 1.42. The molecular weight excluding hydrogens is 444 g/mol. The number of nitrogens with zero attached hydrogens (tertiary/aromatic N) is 3. The average molecular weight is 473 g/mol. The Kier molecular flexibility index (Phi) is 6.74. The Morgan fingerprint density at radius 3 is 2.50 bits per heavy atom. The Morgan fingerprint density at radius 2 is 1.85 bits per heavy atom. The van der Waals surface area contributed by atoms with E-state index in [9.17, 15) is 5.26 Å². The first kappa shape index (κ1) is 23.9. The Morgan fingerprint density at radius 1 is 1.09 bits per heavy atom. The molecule has 0 amide bonds. The highest BCUT2D eigenvalue weighted by molar-refractivity contribution is 6.32. The van der Waals surface area contributed by atoms with Gasteiger partial charge in [0, 0.05) is 22.8 Å². The average Bonchev–Trinajstić information content (AvgIpc) is 2.77. The van der Waals surface area contributed by atoms with Crippen molar-refractivity contribution < 1.29 is 4.74 Å². The Labute approximate surface area is 206 Å². The van der Waals surface area contributed by atoms with Crippen molar-refractivity contribution in [3.8, 4) is 28.8 Å². The van der Waals surface area contributed by atoms with Crippen LogP contribution in [0.3, 0.4) is 0 Å². The fraction of sp³-hybridized carbons (Fsp3) is 0.321. The fourth-order valence-corrected chi connectivity index (χ4v) is 5.23.